The molecular weight excluding hydrogens is 221 g/mol. The normalized spacial score (nSPS) is 10.1. The van der Waals surface area contributed by atoms with Gasteiger partial charge in [-0.2, -0.15) is 0 Å². The quantitative estimate of drug-likeness (QED) is 0.748. The molecule has 0 atom stereocenters. The van der Waals surface area contributed by atoms with Crippen molar-refractivity contribution in [3.8, 4) is 0 Å². The van der Waals surface area contributed by atoms with E-state index >= 15 is 0 Å². The van der Waals surface area contributed by atoms with Gasteiger partial charge in [-0.1, -0.05) is 12.1 Å². The average molecular weight is 237 g/mol. The van der Waals surface area contributed by atoms with Crippen LogP contribution in [0, 0.1) is 12.7 Å². The van der Waals surface area contributed by atoms with Gasteiger partial charge < -0.3 is 4.90 Å². The molecule has 0 aromatic heterocycles. The Balaban J connectivity index is 2.58. The second kappa shape index (κ2) is 5.57. The van der Waals surface area contributed by atoms with Gasteiger partial charge in [-0.3, -0.25) is 9.59 Å². The van der Waals surface area contributed by atoms with Gasteiger partial charge in [0, 0.05) is 20.5 Å². The van der Waals surface area contributed by atoms with Crippen LogP contribution in [0.4, 0.5) is 4.39 Å². The van der Waals surface area contributed by atoms with Gasteiger partial charge in [0.15, 0.2) is 0 Å². The van der Waals surface area contributed by atoms with Gasteiger partial charge in [0.2, 0.25) is 5.78 Å². The summed E-state index contributed by atoms with van der Waals surface area (Å²) in [6.07, 6.45) is 0.608. The lowest BCUT2D eigenvalue weighted by atomic mass is 10.1. The van der Waals surface area contributed by atoms with Gasteiger partial charge in [0.25, 0.3) is 5.91 Å². The third-order valence-electron chi connectivity index (χ3n) is 2.61. The fourth-order valence-corrected chi connectivity index (χ4v) is 1.53. The van der Waals surface area contributed by atoms with Crippen molar-refractivity contribution >= 4 is 11.7 Å². The van der Waals surface area contributed by atoms with E-state index in [1.807, 2.05) is 0 Å². The van der Waals surface area contributed by atoms with Gasteiger partial charge in [-0.25, -0.2) is 4.39 Å². The molecule has 0 N–H and O–H groups in total. The maximum Gasteiger partial charge on any atom is 0.289 e. The predicted molar refractivity (Wildman–Crippen MR) is 63.2 cm³/mol. The number of benzene rings is 1. The number of likely N-dealkylation sites (N-methyl/N-ethyl adjacent to an activating group) is 1. The van der Waals surface area contributed by atoms with Crippen LogP contribution in [0.3, 0.4) is 0 Å². The van der Waals surface area contributed by atoms with Crippen LogP contribution in [0.1, 0.15) is 18.1 Å². The second-order valence-electron chi connectivity index (χ2n) is 4.12. The number of amides is 1. The first-order valence-corrected chi connectivity index (χ1v) is 5.43. The van der Waals surface area contributed by atoms with Crippen molar-refractivity contribution in [3.05, 3.63) is 35.1 Å². The molecular formula is C13H16FNO2. The second-order valence-corrected chi connectivity index (χ2v) is 4.12. The molecule has 0 bridgehead atoms. The van der Waals surface area contributed by atoms with Crippen molar-refractivity contribution in [2.24, 2.45) is 0 Å². The zero-order valence-corrected chi connectivity index (χ0v) is 10.3. The molecule has 0 saturated carbocycles. The highest BCUT2D eigenvalue weighted by Crippen LogP contribution is 2.10. The summed E-state index contributed by atoms with van der Waals surface area (Å²) in [5.41, 5.74) is 1.54. The fraction of sp³-hybridized carbons (Fsp3) is 0.385. The van der Waals surface area contributed by atoms with E-state index in [9.17, 15) is 14.0 Å². The molecule has 1 rings (SSSR count). The van der Waals surface area contributed by atoms with Crippen molar-refractivity contribution in [3.63, 3.8) is 0 Å². The number of carbonyl (C=O) groups is 2. The number of halogens is 1. The lowest BCUT2D eigenvalue weighted by Crippen LogP contribution is -2.33. The first-order valence-electron chi connectivity index (χ1n) is 5.43. The summed E-state index contributed by atoms with van der Waals surface area (Å²) in [6.45, 7) is 3.40. The van der Waals surface area contributed by atoms with Gasteiger partial charge >= 0.3 is 0 Å². The van der Waals surface area contributed by atoms with E-state index in [1.54, 1.807) is 26.1 Å². The van der Waals surface area contributed by atoms with E-state index in [-0.39, 0.29) is 5.82 Å². The Kier molecular flexibility index (Phi) is 4.37. The largest absolute Gasteiger partial charge is 0.339 e. The molecule has 0 saturated heterocycles. The standard InChI is InChI=1S/C13H16FNO2/c1-9-8-11(4-5-12(9)14)6-7-15(3)13(17)10(2)16/h4-5,8H,6-7H2,1-3H3. The first-order chi connectivity index (χ1) is 7.91. The number of rotatable bonds is 4. The highest BCUT2D eigenvalue weighted by Gasteiger charge is 2.13. The Morgan fingerprint density at radius 3 is 2.53 bits per heavy atom. The van der Waals surface area contributed by atoms with Crippen molar-refractivity contribution in [1.82, 2.24) is 4.90 Å². The minimum Gasteiger partial charge on any atom is -0.339 e. The number of aryl methyl sites for hydroxylation is 1. The maximum atomic E-state index is 13.0. The van der Waals surface area contributed by atoms with E-state index in [0.717, 1.165) is 5.56 Å². The highest BCUT2D eigenvalue weighted by molar-refractivity contribution is 6.34. The SMILES string of the molecule is CC(=O)C(=O)N(C)CCc1ccc(F)c(C)c1. The summed E-state index contributed by atoms with van der Waals surface area (Å²) in [5, 5.41) is 0. The van der Waals surface area contributed by atoms with Gasteiger partial charge in [-0.05, 0) is 30.5 Å². The number of ketones is 1. The molecule has 0 spiro atoms. The van der Waals surface area contributed by atoms with Gasteiger partial charge in [-0.15, -0.1) is 0 Å². The molecule has 4 heteroatoms. The number of nitrogens with zero attached hydrogens (tertiary/aromatic N) is 1. The van der Waals surface area contributed by atoms with Crippen molar-refractivity contribution in [2.45, 2.75) is 20.3 Å². The van der Waals surface area contributed by atoms with Crippen LogP contribution in [-0.4, -0.2) is 30.2 Å². The van der Waals surface area contributed by atoms with Crippen LogP contribution in [0.5, 0.6) is 0 Å². The molecule has 0 unspecified atom stereocenters. The molecule has 17 heavy (non-hydrogen) atoms. The minimum atomic E-state index is -0.496. The monoisotopic (exact) mass is 237 g/mol. The molecule has 1 aromatic rings. The molecule has 1 amide bonds. The van der Waals surface area contributed by atoms with Crippen LogP contribution in [0.2, 0.25) is 0 Å². The van der Waals surface area contributed by atoms with Crippen molar-refractivity contribution in [1.29, 1.82) is 0 Å². The first kappa shape index (κ1) is 13.4. The maximum absolute atomic E-state index is 13.0. The zero-order valence-electron chi connectivity index (χ0n) is 10.3. The summed E-state index contributed by atoms with van der Waals surface area (Å²) in [4.78, 5) is 23.5. The number of carbonyl (C=O) groups excluding carboxylic acids is 2. The lowest BCUT2D eigenvalue weighted by molar-refractivity contribution is -0.142. The van der Waals surface area contributed by atoms with Crippen molar-refractivity contribution < 1.29 is 14.0 Å². The summed E-state index contributed by atoms with van der Waals surface area (Å²) < 4.78 is 13.0. The molecule has 0 aliphatic rings. The minimum absolute atomic E-state index is 0.234. The molecule has 0 radical (unpaired) electrons. The lowest BCUT2D eigenvalue weighted by Gasteiger charge is -2.15. The van der Waals surface area contributed by atoms with E-state index < -0.39 is 11.7 Å². The van der Waals surface area contributed by atoms with E-state index in [2.05, 4.69) is 0 Å². The number of hydrogen-bond acceptors (Lipinski definition) is 2. The van der Waals surface area contributed by atoms with Crippen LogP contribution in [0.15, 0.2) is 18.2 Å². The molecule has 1 aromatic carbocycles. The summed E-state index contributed by atoms with van der Waals surface area (Å²) >= 11 is 0. The third kappa shape index (κ3) is 3.66. The van der Waals surface area contributed by atoms with E-state index in [1.165, 1.54) is 17.9 Å². The Morgan fingerprint density at radius 1 is 1.35 bits per heavy atom. The molecule has 0 heterocycles. The summed E-state index contributed by atoms with van der Waals surface area (Å²) in [5.74, 6) is -1.20. The van der Waals surface area contributed by atoms with Crippen LogP contribution in [-0.2, 0) is 16.0 Å². The Labute approximate surface area is 100 Å². The predicted octanol–water partition coefficient (Wildman–Crippen LogP) is 1.72. The number of hydrogen-bond donors (Lipinski definition) is 0. The van der Waals surface area contributed by atoms with Crippen molar-refractivity contribution in [2.75, 3.05) is 13.6 Å². The van der Waals surface area contributed by atoms with Crippen LogP contribution in [0.25, 0.3) is 0 Å². The smallest absolute Gasteiger partial charge is 0.289 e. The van der Waals surface area contributed by atoms with Gasteiger partial charge in [0.1, 0.15) is 5.82 Å². The topological polar surface area (TPSA) is 37.4 Å². The highest BCUT2D eigenvalue weighted by atomic mass is 19.1. The fourth-order valence-electron chi connectivity index (χ4n) is 1.53. The number of Topliss-reactive ketones (excluding diaryl/α,β-unsaturated/α-hetero) is 1. The molecule has 0 aliphatic carbocycles. The zero-order chi connectivity index (χ0) is 13.0. The molecule has 92 valence electrons. The molecule has 0 aliphatic heterocycles. The van der Waals surface area contributed by atoms with E-state index in [0.29, 0.717) is 18.5 Å². The third-order valence-corrected chi connectivity index (χ3v) is 2.61. The van der Waals surface area contributed by atoms with E-state index in [4.69, 9.17) is 0 Å². The van der Waals surface area contributed by atoms with Crippen LogP contribution >= 0.6 is 0 Å². The Hall–Kier alpha value is -1.71. The Bertz CT molecular complexity index is 443. The summed E-state index contributed by atoms with van der Waals surface area (Å²) in [7, 11) is 1.58. The molecule has 3 nitrogen and oxygen atoms in total. The van der Waals surface area contributed by atoms with Crippen LogP contribution < -0.4 is 0 Å². The average Bonchev–Trinajstić information content (AvgIpc) is 2.29. The summed E-state index contributed by atoms with van der Waals surface area (Å²) in [6, 6.07) is 4.85. The van der Waals surface area contributed by atoms with Gasteiger partial charge in [0.05, 0.1) is 0 Å². The molecule has 0 fully saturated rings. The Morgan fingerprint density at radius 2 is 2.00 bits per heavy atom.